The summed E-state index contributed by atoms with van der Waals surface area (Å²) in [5.74, 6) is 0. The summed E-state index contributed by atoms with van der Waals surface area (Å²) in [4.78, 5) is 0. The molecule has 1 rings (SSSR count). The minimum Gasteiger partial charge on any atom is -0.313 e. The molecular formula is C12H25NO2S2. The van der Waals surface area contributed by atoms with Crippen LogP contribution < -0.4 is 5.32 Å². The molecular weight excluding hydrogens is 254 g/mol. The topological polar surface area (TPSA) is 46.2 Å². The number of sulfone groups is 1. The van der Waals surface area contributed by atoms with Crippen molar-refractivity contribution < 1.29 is 8.42 Å². The number of hydrogen-bond acceptors (Lipinski definition) is 4. The van der Waals surface area contributed by atoms with E-state index in [1.807, 2.05) is 11.8 Å². The van der Waals surface area contributed by atoms with Crippen LogP contribution >= 0.6 is 11.8 Å². The third-order valence-corrected chi connectivity index (χ3v) is 6.49. The van der Waals surface area contributed by atoms with Gasteiger partial charge >= 0.3 is 0 Å². The van der Waals surface area contributed by atoms with Crippen LogP contribution in [-0.2, 0) is 9.84 Å². The fraction of sp³-hybridized carbons (Fsp3) is 1.00. The van der Waals surface area contributed by atoms with Crippen LogP contribution in [0.4, 0.5) is 0 Å². The molecule has 2 unspecified atom stereocenters. The Balaban J connectivity index is 2.46. The molecule has 1 aliphatic rings. The molecule has 0 aromatic rings. The van der Waals surface area contributed by atoms with Gasteiger partial charge in [0.1, 0.15) is 9.84 Å². The average Bonchev–Trinajstić information content (AvgIpc) is 2.26. The van der Waals surface area contributed by atoms with E-state index in [1.165, 1.54) is 6.26 Å². The summed E-state index contributed by atoms with van der Waals surface area (Å²) in [5.41, 5.74) is 0. The SMILES string of the molecule is CSC(C)(C)CNC1CCCC(S(C)(=O)=O)C1. The monoisotopic (exact) mass is 279 g/mol. The van der Waals surface area contributed by atoms with Crippen molar-refractivity contribution in [3.63, 3.8) is 0 Å². The standard InChI is InChI=1S/C12H25NO2S2/c1-12(2,16-3)9-13-10-6-5-7-11(8-10)17(4,14)15/h10-11,13H,5-9H2,1-4H3. The van der Waals surface area contributed by atoms with Gasteiger partial charge in [-0.2, -0.15) is 11.8 Å². The first-order valence-electron chi connectivity index (χ1n) is 6.22. The van der Waals surface area contributed by atoms with Gasteiger partial charge in [0.05, 0.1) is 5.25 Å². The Labute approximate surface area is 110 Å². The van der Waals surface area contributed by atoms with Gasteiger partial charge in [-0.15, -0.1) is 0 Å². The molecule has 2 atom stereocenters. The van der Waals surface area contributed by atoms with Gasteiger partial charge in [0.2, 0.25) is 0 Å². The summed E-state index contributed by atoms with van der Waals surface area (Å²) >= 11 is 1.84. The fourth-order valence-electron chi connectivity index (χ4n) is 2.18. The van der Waals surface area contributed by atoms with Gasteiger partial charge < -0.3 is 5.32 Å². The normalized spacial score (nSPS) is 27.1. The molecule has 1 saturated carbocycles. The van der Waals surface area contributed by atoms with E-state index in [0.29, 0.717) is 6.04 Å². The van der Waals surface area contributed by atoms with Crippen molar-refractivity contribution in [3.05, 3.63) is 0 Å². The molecule has 0 aromatic carbocycles. The Morgan fingerprint density at radius 3 is 2.53 bits per heavy atom. The lowest BCUT2D eigenvalue weighted by atomic mass is 9.94. The first kappa shape index (κ1) is 15.3. The molecule has 0 saturated heterocycles. The van der Waals surface area contributed by atoms with Crippen molar-refractivity contribution in [2.75, 3.05) is 19.1 Å². The number of hydrogen-bond donors (Lipinski definition) is 1. The zero-order valence-corrected chi connectivity index (χ0v) is 13.0. The van der Waals surface area contributed by atoms with E-state index in [4.69, 9.17) is 0 Å². The second-order valence-electron chi connectivity index (χ2n) is 5.66. The highest BCUT2D eigenvalue weighted by atomic mass is 32.2. The lowest BCUT2D eigenvalue weighted by Gasteiger charge is -2.32. The van der Waals surface area contributed by atoms with E-state index >= 15 is 0 Å². The van der Waals surface area contributed by atoms with Gasteiger partial charge in [-0.3, -0.25) is 0 Å². The largest absolute Gasteiger partial charge is 0.313 e. The molecule has 3 nitrogen and oxygen atoms in total. The van der Waals surface area contributed by atoms with Gasteiger partial charge in [-0.1, -0.05) is 6.42 Å². The Hall–Kier alpha value is 0.260. The third kappa shape index (κ3) is 5.18. The molecule has 17 heavy (non-hydrogen) atoms. The van der Waals surface area contributed by atoms with Crippen molar-refractivity contribution in [1.29, 1.82) is 0 Å². The molecule has 0 bridgehead atoms. The lowest BCUT2D eigenvalue weighted by Crippen LogP contribution is -2.43. The van der Waals surface area contributed by atoms with Crippen molar-refractivity contribution in [1.82, 2.24) is 5.32 Å². The molecule has 1 aliphatic carbocycles. The highest BCUT2D eigenvalue weighted by Gasteiger charge is 2.29. The molecule has 0 aliphatic heterocycles. The minimum atomic E-state index is -2.86. The van der Waals surface area contributed by atoms with E-state index in [9.17, 15) is 8.42 Å². The van der Waals surface area contributed by atoms with Crippen molar-refractivity contribution >= 4 is 21.6 Å². The predicted octanol–water partition coefficient (Wildman–Crippen LogP) is 2.07. The summed E-state index contributed by atoms with van der Waals surface area (Å²) in [6.07, 6.45) is 7.23. The first-order chi connectivity index (χ1) is 7.74. The van der Waals surface area contributed by atoms with Crippen molar-refractivity contribution in [2.45, 2.75) is 55.6 Å². The van der Waals surface area contributed by atoms with Gasteiger partial charge in [-0.25, -0.2) is 8.42 Å². The smallest absolute Gasteiger partial charge is 0.150 e. The van der Waals surface area contributed by atoms with Crippen LogP contribution in [0.1, 0.15) is 39.5 Å². The predicted molar refractivity (Wildman–Crippen MR) is 76.5 cm³/mol. The quantitative estimate of drug-likeness (QED) is 0.837. The van der Waals surface area contributed by atoms with Crippen molar-refractivity contribution in [3.8, 4) is 0 Å². The molecule has 0 heterocycles. The Morgan fingerprint density at radius 1 is 1.35 bits per heavy atom. The van der Waals surface area contributed by atoms with Crippen LogP contribution in [0.3, 0.4) is 0 Å². The Kier molecular flexibility index (Phi) is 5.35. The van der Waals surface area contributed by atoms with Crippen LogP contribution in [0.5, 0.6) is 0 Å². The van der Waals surface area contributed by atoms with Crippen LogP contribution in [0, 0.1) is 0 Å². The average molecular weight is 279 g/mol. The van der Waals surface area contributed by atoms with E-state index in [0.717, 1.165) is 32.2 Å². The van der Waals surface area contributed by atoms with E-state index in [-0.39, 0.29) is 10.00 Å². The van der Waals surface area contributed by atoms with Gasteiger partial charge in [0.15, 0.2) is 0 Å². The molecule has 0 aromatic heterocycles. The molecule has 1 fully saturated rings. The van der Waals surface area contributed by atoms with E-state index < -0.39 is 9.84 Å². The summed E-state index contributed by atoms with van der Waals surface area (Å²) in [6.45, 7) is 5.36. The maximum atomic E-state index is 11.6. The summed E-state index contributed by atoms with van der Waals surface area (Å²) in [7, 11) is -2.86. The lowest BCUT2D eigenvalue weighted by molar-refractivity contribution is 0.363. The zero-order chi connectivity index (χ0) is 13.1. The van der Waals surface area contributed by atoms with Crippen molar-refractivity contribution in [2.24, 2.45) is 0 Å². The molecule has 0 radical (unpaired) electrons. The molecule has 5 heteroatoms. The highest BCUT2D eigenvalue weighted by Crippen LogP contribution is 2.25. The Bertz CT molecular complexity index is 338. The van der Waals surface area contributed by atoms with Gasteiger partial charge in [0.25, 0.3) is 0 Å². The molecule has 0 amide bonds. The number of thioether (sulfide) groups is 1. The van der Waals surface area contributed by atoms with Crippen LogP contribution in [0.15, 0.2) is 0 Å². The summed E-state index contributed by atoms with van der Waals surface area (Å²) in [6, 6.07) is 0.370. The number of nitrogens with one attached hydrogen (secondary N) is 1. The summed E-state index contributed by atoms with van der Waals surface area (Å²) in [5, 5.41) is 3.40. The minimum absolute atomic E-state index is 0.133. The maximum absolute atomic E-state index is 11.6. The van der Waals surface area contributed by atoms with Gasteiger partial charge in [-0.05, 0) is 39.4 Å². The third-order valence-electron chi connectivity index (χ3n) is 3.60. The molecule has 1 N–H and O–H groups in total. The first-order valence-corrected chi connectivity index (χ1v) is 9.40. The van der Waals surface area contributed by atoms with E-state index in [2.05, 4.69) is 25.4 Å². The van der Waals surface area contributed by atoms with Crippen LogP contribution in [0.2, 0.25) is 0 Å². The number of rotatable bonds is 5. The fourth-order valence-corrected chi connectivity index (χ4v) is 3.59. The zero-order valence-electron chi connectivity index (χ0n) is 11.3. The highest BCUT2D eigenvalue weighted by molar-refractivity contribution is 7.99. The second-order valence-corrected chi connectivity index (χ2v) is 9.50. The van der Waals surface area contributed by atoms with Gasteiger partial charge in [0, 0.05) is 23.6 Å². The molecule has 0 spiro atoms. The summed E-state index contributed by atoms with van der Waals surface area (Å²) < 4.78 is 23.3. The Morgan fingerprint density at radius 2 is 2.00 bits per heavy atom. The molecule has 102 valence electrons. The van der Waals surface area contributed by atoms with E-state index in [1.54, 1.807) is 0 Å². The van der Waals surface area contributed by atoms with Crippen LogP contribution in [-0.4, -0.2) is 43.5 Å². The second kappa shape index (κ2) is 5.93. The van der Waals surface area contributed by atoms with Crippen LogP contribution in [0.25, 0.3) is 0 Å². The maximum Gasteiger partial charge on any atom is 0.150 e.